The van der Waals surface area contributed by atoms with Crippen molar-refractivity contribution in [1.29, 1.82) is 0 Å². The number of nitrogens with one attached hydrogen (secondary N) is 1. The fourth-order valence-corrected chi connectivity index (χ4v) is 4.51. The van der Waals surface area contributed by atoms with Crippen LogP contribution in [0.2, 0.25) is 0 Å². The third kappa shape index (κ3) is 4.66. The minimum absolute atomic E-state index is 0.0208. The van der Waals surface area contributed by atoms with Gasteiger partial charge in [0.15, 0.2) is 5.11 Å². The molecule has 1 aromatic heterocycles. The van der Waals surface area contributed by atoms with Crippen molar-refractivity contribution in [2.24, 2.45) is 0 Å². The molecular formula is C27H23N3O6S. The van der Waals surface area contributed by atoms with Crippen molar-refractivity contribution in [2.45, 2.75) is 27.7 Å². The van der Waals surface area contributed by atoms with Gasteiger partial charge in [0.1, 0.15) is 5.57 Å². The maximum Gasteiger partial charge on any atom is 0.335 e. The summed E-state index contributed by atoms with van der Waals surface area (Å²) < 4.78 is 1.67. The summed E-state index contributed by atoms with van der Waals surface area (Å²) in [6.45, 7) is 7.34. The molecule has 37 heavy (non-hydrogen) atoms. The van der Waals surface area contributed by atoms with Crippen LogP contribution in [0.5, 0.6) is 0 Å². The summed E-state index contributed by atoms with van der Waals surface area (Å²) in [4.78, 5) is 50.6. The van der Waals surface area contributed by atoms with Gasteiger partial charge in [0, 0.05) is 17.1 Å². The minimum Gasteiger partial charge on any atom is -0.478 e. The van der Waals surface area contributed by atoms with Crippen LogP contribution < -0.4 is 10.2 Å². The normalized spacial score (nSPS) is 14.8. The Morgan fingerprint density at radius 2 is 1.49 bits per heavy atom. The number of anilines is 1. The Labute approximate surface area is 217 Å². The molecule has 2 aromatic carbocycles. The van der Waals surface area contributed by atoms with Gasteiger partial charge in [-0.25, -0.2) is 9.59 Å². The number of carbonyl (C=O) groups excluding carboxylic acids is 2. The Morgan fingerprint density at radius 3 is 2.05 bits per heavy atom. The number of aromatic nitrogens is 1. The molecule has 3 aromatic rings. The highest BCUT2D eigenvalue weighted by Crippen LogP contribution is 2.28. The van der Waals surface area contributed by atoms with Crippen LogP contribution in [0.1, 0.15) is 48.8 Å². The minimum atomic E-state index is -1.26. The Morgan fingerprint density at radius 1 is 0.865 bits per heavy atom. The van der Waals surface area contributed by atoms with E-state index in [1.165, 1.54) is 23.1 Å². The molecule has 0 radical (unpaired) electrons. The topological polar surface area (TPSA) is 129 Å². The molecule has 0 atom stereocenters. The van der Waals surface area contributed by atoms with E-state index in [0.29, 0.717) is 28.3 Å². The number of thiocarbonyl (C=S) groups is 1. The summed E-state index contributed by atoms with van der Waals surface area (Å²) >= 11 is 5.28. The summed E-state index contributed by atoms with van der Waals surface area (Å²) in [5.41, 5.74) is 4.13. The molecule has 2 amide bonds. The number of hydrogen-bond acceptors (Lipinski definition) is 5. The zero-order valence-electron chi connectivity index (χ0n) is 20.4. The van der Waals surface area contributed by atoms with Crippen LogP contribution in [-0.2, 0) is 9.59 Å². The Bertz CT molecular complexity index is 1530. The number of carbonyl (C=O) groups is 4. The van der Waals surface area contributed by atoms with Crippen molar-refractivity contribution in [3.8, 4) is 5.69 Å². The Hall–Kier alpha value is -4.57. The van der Waals surface area contributed by atoms with Gasteiger partial charge in [-0.3, -0.25) is 19.8 Å². The summed E-state index contributed by atoms with van der Waals surface area (Å²) in [5.74, 6) is -3.74. The quantitative estimate of drug-likeness (QED) is 0.266. The van der Waals surface area contributed by atoms with Crippen molar-refractivity contribution in [1.82, 2.24) is 9.88 Å². The molecule has 2 heterocycles. The molecule has 4 rings (SSSR count). The first kappa shape index (κ1) is 25.5. The zero-order valence-corrected chi connectivity index (χ0v) is 21.3. The second-order valence-electron chi connectivity index (χ2n) is 8.77. The van der Waals surface area contributed by atoms with Crippen LogP contribution in [0.3, 0.4) is 0 Å². The van der Waals surface area contributed by atoms with Crippen LogP contribution in [-0.4, -0.2) is 43.6 Å². The predicted molar refractivity (Wildman–Crippen MR) is 141 cm³/mol. The third-order valence-electron chi connectivity index (χ3n) is 6.29. The van der Waals surface area contributed by atoms with Gasteiger partial charge in [0.2, 0.25) is 0 Å². The van der Waals surface area contributed by atoms with Crippen LogP contribution >= 0.6 is 12.2 Å². The van der Waals surface area contributed by atoms with Crippen LogP contribution in [0, 0.1) is 27.7 Å². The van der Waals surface area contributed by atoms with E-state index in [1.807, 2.05) is 26.0 Å². The lowest BCUT2D eigenvalue weighted by Gasteiger charge is -2.29. The van der Waals surface area contributed by atoms with E-state index in [1.54, 1.807) is 30.5 Å². The van der Waals surface area contributed by atoms with Gasteiger partial charge in [0.25, 0.3) is 11.8 Å². The molecule has 0 aliphatic carbocycles. The zero-order chi connectivity index (χ0) is 27.2. The van der Waals surface area contributed by atoms with Gasteiger partial charge in [-0.2, -0.15) is 0 Å². The SMILES string of the molecule is Cc1ccc(N2C(=O)/C(=C/c3cc(C)n(-c4cc(C(=O)O)cc(C(=O)O)c4)c3C)C(=O)NC2=S)cc1C. The van der Waals surface area contributed by atoms with E-state index in [4.69, 9.17) is 12.2 Å². The van der Waals surface area contributed by atoms with E-state index in [0.717, 1.165) is 17.2 Å². The Kier molecular flexibility index (Phi) is 6.53. The number of aryl methyl sites for hydroxylation is 3. The van der Waals surface area contributed by atoms with E-state index in [2.05, 4.69) is 5.32 Å². The first-order valence-corrected chi connectivity index (χ1v) is 11.6. The molecule has 188 valence electrons. The largest absolute Gasteiger partial charge is 0.478 e. The van der Waals surface area contributed by atoms with Gasteiger partial charge in [-0.1, -0.05) is 6.07 Å². The van der Waals surface area contributed by atoms with E-state index in [-0.39, 0.29) is 21.8 Å². The van der Waals surface area contributed by atoms with Crippen molar-refractivity contribution >= 4 is 52.8 Å². The van der Waals surface area contributed by atoms with Crippen LogP contribution in [0.15, 0.2) is 48.0 Å². The van der Waals surface area contributed by atoms with E-state index in [9.17, 15) is 29.4 Å². The lowest BCUT2D eigenvalue weighted by atomic mass is 10.1. The number of nitrogens with zero attached hydrogens (tertiary/aromatic N) is 2. The molecule has 10 heteroatoms. The van der Waals surface area contributed by atoms with Crippen molar-refractivity contribution in [3.05, 3.63) is 87.2 Å². The molecule has 0 spiro atoms. The van der Waals surface area contributed by atoms with Gasteiger partial charge >= 0.3 is 11.9 Å². The maximum absolute atomic E-state index is 13.4. The van der Waals surface area contributed by atoms with Gasteiger partial charge in [0.05, 0.1) is 16.8 Å². The average Bonchev–Trinajstić information content (AvgIpc) is 3.11. The summed E-state index contributed by atoms with van der Waals surface area (Å²) in [6, 6.07) is 11.0. The van der Waals surface area contributed by atoms with Crippen LogP contribution in [0.4, 0.5) is 5.69 Å². The average molecular weight is 518 g/mol. The fourth-order valence-electron chi connectivity index (χ4n) is 4.23. The van der Waals surface area contributed by atoms with E-state index < -0.39 is 23.8 Å². The summed E-state index contributed by atoms with van der Waals surface area (Å²) in [7, 11) is 0. The number of benzene rings is 2. The highest BCUT2D eigenvalue weighted by Gasteiger charge is 2.35. The monoisotopic (exact) mass is 517 g/mol. The van der Waals surface area contributed by atoms with Crippen molar-refractivity contribution in [3.63, 3.8) is 0 Å². The van der Waals surface area contributed by atoms with Gasteiger partial charge in [-0.05, 0) is 99.1 Å². The second kappa shape index (κ2) is 9.47. The molecule has 0 saturated carbocycles. The predicted octanol–water partition coefficient (Wildman–Crippen LogP) is 3.94. The van der Waals surface area contributed by atoms with Crippen molar-refractivity contribution in [2.75, 3.05) is 4.90 Å². The standard InChI is InChI=1S/C27H23N3O6S/c1-13-5-6-20(7-14(13)2)30-24(32)22(23(31)28-27(30)37)12-17-8-15(3)29(16(17)4)21-10-18(25(33)34)9-19(11-21)26(35)36/h5-12H,1-4H3,(H,33,34)(H,35,36)(H,28,31,37)/b22-12+. The molecule has 1 fully saturated rings. The molecule has 1 aliphatic heterocycles. The van der Waals surface area contributed by atoms with Crippen LogP contribution in [0.25, 0.3) is 11.8 Å². The third-order valence-corrected chi connectivity index (χ3v) is 6.57. The number of amides is 2. The molecule has 0 unspecified atom stereocenters. The molecule has 9 nitrogen and oxygen atoms in total. The lowest BCUT2D eigenvalue weighted by molar-refractivity contribution is -0.122. The number of rotatable bonds is 5. The Balaban J connectivity index is 1.81. The highest BCUT2D eigenvalue weighted by molar-refractivity contribution is 7.80. The second-order valence-corrected chi connectivity index (χ2v) is 9.15. The van der Waals surface area contributed by atoms with E-state index >= 15 is 0 Å². The summed E-state index contributed by atoms with van der Waals surface area (Å²) in [6.07, 6.45) is 1.45. The molecule has 3 N–H and O–H groups in total. The number of aromatic carboxylic acids is 2. The molecule has 1 saturated heterocycles. The van der Waals surface area contributed by atoms with Gasteiger partial charge in [-0.15, -0.1) is 0 Å². The number of carboxylic acids is 2. The molecule has 0 bridgehead atoms. The fraction of sp³-hybridized carbons (Fsp3) is 0.148. The maximum atomic E-state index is 13.4. The molecule has 1 aliphatic rings. The molecular weight excluding hydrogens is 494 g/mol. The lowest BCUT2D eigenvalue weighted by Crippen LogP contribution is -2.54. The summed E-state index contributed by atoms with van der Waals surface area (Å²) in [5, 5.41) is 21.4. The highest BCUT2D eigenvalue weighted by atomic mass is 32.1. The first-order valence-electron chi connectivity index (χ1n) is 11.2. The number of hydrogen-bond donors (Lipinski definition) is 3. The smallest absolute Gasteiger partial charge is 0.335 e. The number of carboxylic acid groups (broad SMARTS) is 2. The first-order chi connectivity index (χ1) is 17.4. The van der Waals surface area contributed by atoms with Crippen molar-refractivity contribution < 1.29 is 29.4 Å². The van der Waals surface area contributed by atoms with Gasteiger partial charge < -0.3 is 14.8 Å².